The summed E-state index contributed by atoms with van der Waals surface area (Å²) in [7, 11) is 0. The van der Waals surface area contributed by atoms with Gasteiger partial charge in [0.1, 0.15) is 11.4 Å². The molecular formula is C14H15F4NO. The monoisotopic (exact) mass is 289 g/mol. The van der Waals surface area contributed by atoms with Crippen molar-refractivity contribution >= 4 is 5.91 Å². The van der Waals surface area contributed by atoms with Gasteiger partial charge >= 0.3 is 0 Å². The molecule has 0 aromatic heterocycles. The Morgan fingerprint density at radius 1 is 1.20 bits per heavy atom. The molecule has 2 rings (SSSR count). The van der Waals surface area contributed by atoms with Crippen LogP contribution in [0.2, 0.25) is 0 Å². The van der Waals surface area contributed by atoms with Crippen LogP contribution in [0.25, 0.3) is 0 Å². The highest BCUT2D eigenvalue weighted by Gasteiger charge is 2.63. The van der Waals surface area contributed by atoms with Crippen molar-refractivity contribution in [2.75, 3.05) is 0 Å². The summed E-state index contributed by atoms with van der Waals surface area (Å²) in [5, 5.41) is 1.95. The predicted octanol–water partition coefficient (Wildman–Crippen LogP) is 3.23. The highest BCUT2D eigenvalue weighted by Crippen LogP contribution is 2.47. The zero-order valence-corrected chi connectivity index (χ0v) is 11.4. The number of hydrogen-bond donors (Lipinski definition) is 1. The molecule has 0 saturated carbocycles. The Labute approximate surface area is 114 Å². The van der Waals surface area contributed by atoms with E-state index in [0.717, 1.165) is 19.9 Å². The molecule has 0 radical (unpaired) electrons. The number of halogens is 4. The lowest BCUT2D eigenvalue weighted by molar-refractivity contribution is -0.175. The maximum Gasteiger partial charge on any atom is 0.278 e. The van der Waals surface area contributed by atoms with Crippen LogP contribution in [0.15, 0.2) is 18.2 Å². The Morgan fingerprint density at radius 3 is 2.40 bits per heavy atom. The fourth-order valence-corrected chi connectivity index (χ4v) is 2.41. The lowest BCUT2D eigenvalue weighted by atomic mass is 9.75. The van der Waals surface area contributed by atoms with Gasteiger partial charge in [-0.2, -0.15) is 0 Å². The molecule has 1 saturated heterocycles. The fraction of sp³-hybridized carbons (Fsp3) is 0.500. The molecule has 110 valence electrons. The van der Waals surface area contributed by atoms with Crippen LogP contribution in [-0.2, 0) is 10.3 Å². The molecule has 0 bridgehead atoms. The third-order valence-corrected chi connectivity index (χ3v) is 3.78. The van der Waals surface area contributed by atoms with Gasteiger partial charge in [0.05, 0.1) is 6.42 Å². The minimum Gasteiger partial charge on any atom is -0.338 e. The molecule has 1 fully saturated rings. The zero-order chi connectivity index (χ0) is 15.3. The lowest BCUT2D eigenvalue weighted by Gasteiger charge is -2.45. The molecule has 6 heteroatoms. The van der Waals surface area contributed by atoms with Crippen LogP contribution in [0.3, 0.4) is 0 Å². The molecule has 1 heterocycles. The van der Waals surface area contributed by atoms with E-state index in [1.165, 1.54) is 12.1 Å². The van der Waals surface area contributed by atoms with Crippen molar-refractivity contribution in [3.05, 3.63) is 35.1 Å². The lowest BCUT2D eigenvalue weighted by Crippen LogP contribution is -2.66. The molecule has 1 aromatic rings. The van der Waals surface area contributed by atoms with Crippen molar-refractivity contribution in [1.29, 1.82) is 0 Å². The van der Waals surface area contributed by atoms with Gasteiger partial charge in [0.25, 0.3) is 11.8 Å². The Hall–Kier alpha value is -1.59. The standard InChI is InChI=1S/C14H15F4NO/c1-8-4-5-10(15)9(6-8)13(3)14(17,18)7-12(2,16)11(20)19-13/h4-6H,7H2,1-3H3,(H,19,20)/t12?,13-/m1/s1. The quantitative estimate of drug-likeness (QED) is 0.790. The second-order valence-electron chi connectivity index (χ2n) is 5.64. The van der Waals surface area contributed by atoms with Crippen molar-refractivity contribution in [2.45, 2.75) is 44.3 Å². The van der Waals surface area contributed by atoms with Gasteiger partial charge in [0.15, 0.2) is 5.67 Å². The third kappa shape index (κ3) is 2.07. The van der Waals surface area contributed by atoms with Crippen LogP contribution in [0, 0.1) is 12.7 Å². The summed E-state index contributed by atoms with van der Waals surface area (Å²) in [5.41, 5.74) is -4.72. The van der Waals surface area contributed by atoms with Gasteiger partial charge in [-0.25, -0.2) is 17.6 Å². The predicted molar refractivity (Wildman–Crippen MR) is 65.7 cm³/mol. The van der Waals surface area contributed by atoms with E-state index in [2.05, 4.69) is 0 Å². The molecule has 1 aliphatic rings. The highest BCUT2D eigenvalue weighted by molar-refractivity contribution is 5.87. The number of rotatable bonds is 1. The number of carbonyl (C=O) groups excluding carboxylic acids is 1. The Bertz CT molecular complexity index is 570. The van der Waals surface area contributed by atoms with Gasteiger partial charge < -0.3 is 5.32 Å². The molecule has 1 N–H and O–H groups in total. The van der Waals surface area contributed by atoms with Crippen molar-refractivity contribution in [2.24, 2.45) is 0 Å². The minimum atomic E-state index is -3.61. The topological polar surface area (TPSA) is 29.1 Å². The van der Waals surface area contributed by atoms with Crippen molar-refractivity contribution in [3.63, 3.8) is 0 Å². The Kier molecular flexibility index (Phi) is 3.11. The van der Waals surface area contributed by atoms with Crippen LogP contribution in [0.4, 0.5) is 17.6 Å². The molecular weight excluding hydrogens is 274 g/mol. The van der Waals surface area contributed by atoms with E-state index >= 15 is 0 Å². The smallest absolute Gasteiger partial charge is 0.278 e. The summed E-state index contributed by atoms with van der Waals surface area (Å²) in [6.07, 6.45) is -1.28. The number of amides is 1. The maximum absolute atomic E-state index is 14.3. The van der Waals surface area contributed by atoms with Gasteiger partial charge in [-0.3, -0.25) is 4.79 Å². The fourth-order valence-electron chi connectivity index (χ4n) is 2.41. The molecule has 1 unspecified atom stereocenters. The number of piperidine rings is 1. The average Bonchev–Trinajstić information content (AvgIpc) is 2.29. The van der Waals surface area contributed by atoms with Crippen molar-refractivity contribution in [3.8, 4) is 0 Å². The normalized spacial score (nSPS) is 32.9. The first-order valence-electron chi connectivity index (χ1n) is 6.16. The molecule has 1 aliphatic heterocycles. The summed E-state index contributed by atoms with van der Waals surface area (Å²) in [6, 6.07) is 3.73. The second-order valence-corrected chi connectivity index (χ2v) is 5.64. The number of hydrogen-bond acceptors (Lipinski definition) is 1. The van der Waals surface area contributed by atoms with Crippen molar-refractivity contribution in [1.82, 2.24) is 5.32 Å². The summed E-state index contributed by atoms with van der Waals surface area (Å²) in [6.45, 7) is 3.43. The van der Waals surface area contributed by atoms with E-state index in [1.54, 1.807) is 6.92 Å². The van der Waals surface area contributed by atoms with E-state index in [9.17, 15) is 22.4 Å². The number of nitrogens with one attached hydrogen (secondary N) is 1. The zero-order valence-electron chi connectivity index (χ0n) is 11.4. The largest absolute Gasteiger partial charge is 0.338 e. The first-order valence-corrected chi connectivity index (χ1v) is 6.16. The molecule has 2 atom stereocenters. The van der Waals surface area contributed by atoms with E-state index < -0.39 is 35.3 Å². The van der Waals surface area contributed by atoms with Gasteiger partial charge in [0.2, 0.25) is 0 Å². The SMILES string of the molecule is Cc1ccc(F)c([C@@]2(C)NC(=O)C(C)(F)CC2(F)F)c1. The molecule has 1 aromatic carbocycles. The number of alkyl halides is 3. The van der Waals surface area contributed by atoms with Gasteiger partial charge in [-0.05, 0) is 26.8 Å². The number of aryl methyl sites for hydroxylation is 1. The number of carbonyl (C=O) groups is 1. The van der Waals surface area contributed by atoms with E-state index in [-0.39, 0.29) is 5.56 Å². The maximum atomic E-state index is 14.3. The van der Waals surface area contributed by atoms with E-state index in [1.807, 2.05) is 5.32 Å². The molecule has 1 amide bonds. The average molecular weight is 289 g/mol. The number of benzene rings is 1. The third-order valence-electron chi connectivity index (χ3n) is 3.78. The molecule has 0 spiro atoms. The van der Waals surface area contributed by atoms with E-state index in [4.69, 9.17) is 0 Å². The van der Waals surface area contributed by atoms with Crippen LogP contribution < -0.4 is 5.32 Å². The van der Waals surface area contributed by atoms with Crippen LogP contribution in [-0.4, -0.2) is 17.5 Å². The van der Waals surface area contributed by atoms with Gasteiger partial charge in [-0.15, -0.1) is 0 Å². The Morgan fingerprint density at radius 2 is 1.80 bits per heavy atom. The van der Waals surface area contributed by atoms with Gasteiger partial charge in [0, 0.05) is 5.56 Å². The van der Waals surface area contributed by atoms with Crippen LogP contribution in [0.1, 0.15) is 31.4 Å². The molecule has 20 heavy (non-hydrogen) atoms. The van der Waals surface area contributed by atoms with Gasteiger partial charge in [-0.1, -0.05) is 17.7 Å². The first kappa shape index (κ1) is 14.8. The molecule has 0 aliphatic carbocycles. The molecule has 2 nitrogen and oxygen atoms in total. The summed E-state index contributed by atoms with van der Waals surface area (Å²) in [5.74, 6) is -5.63. The second kappa shape index (κ2) is 4.20. The highest BCUT2D eigenvalue weighted by atomic mass is 19.3. The van der Waals surface area contributed by atoms with Crippen LogP contribution in [0.5, 0.6) is 0 Å². The Balaban J connectivity index is 2.58. The minimum absolute atomic E-state index is 0.341. The summed E-state index contributed by atoms with van der Waals surface area (Å²) < 4.78 is 56.3. The van der Waals surface area contributed by atoms with Crippen molar-refractivity contribution < 1.29 is 22.4 Å². The first-order chi connectivity index (χ1) is 8.99. The van der Waals surface area contributed by atoms with Crippen LogP contribution >= 0.6 is 0 Å². The van der Waals surface area contributed by atoms with E-state index in [0.29, 0.717) is 5.56 Å². The summed E-state index contributed by atoms with van der Waals surface area (Å²) in [4.78, 5) is 11.6. The summed E-state index contributed by atoms with van der Waals surface area (Å²) >= 11 is 0.